The van der Waals surface area contributed by atoms with Gasteiger partial charge in [0.25, 0.3) is 0 Å². The first kappa shape index (κ1) is 12.4. The van der Waals surface area contributed by atoms with Crippen LogP contribution in [0.3, 0.4) is 0 Å². The molecular weight excluding hydrogens is 188 g/mol. The molecule has 0 bridgehead atoms. The van der Waals surface area contributed by atoms with Crippen LogP contribution in [0.4, 0.5) is 0 Å². The number of rotatable bonds is 0. The predicted octanol–water partition coefficient (Wildman–Crippen LogP) is 3.86. The lowest BCUT2D eigenvalue weighted by atomic mass is 9.57. The highest BCUT2D eigenvalue weighted by Gasteiger charge is 2.73. The summed E-state index contributed by atoms with van der Waals surface area (Å²) in [5.41, 5.74) is 0.808. The van der Waals surface area contributed by atoms with Crippen LogP contribution < -0.4 is 0 Å². The topological polar surface area (TPSA) is 0 Å². The van der Waals surface area contributed by atoms with Gasteiger partial charge in [-0.25, -0.2) is 0 Å². The first-order chi connectivity index (χ1) is 5.90. The molecule has 0 unspecified atom stereocenters. The van der Waals surface area contributed by atoms with Crippen LogP contribution in [0.15, 0.2) is 0 Å². The molecule has 14 heavy (non-hydrogen) atoms. The molecule has 1 aliphatic heterocycles. The van der Waals surface area contributed by atoms with Gasteiger partial charge >= 0.3 is 0 Å². The molecule has 1 fully saturated rings. The molecule has 0 spiro atoms. The molecule has 84 valence electrons. The lowest BCUT2D eigenvalue weighted by molar-refractivity contribution is 0.0698. The fourth-order valence-corrected chi connectivity index (χ4v) is 6.23. The molecule has 1 aliphatic rings. The highest BCUT2D eigenvalue weighted by Crippen LogP contribution is 2.65. The van der Waals surface area contributed by atoms with Crippen LogP contribution in [0.1, 0.15) is 55.4 Å². The SMILES string of the molecule is C[S+]1C(C)(C)C(C)(C)C(C)(C)C1(C)C. The van der Waals surface area contributed by atoms with Gasteiger partial charge in [0.05, 0.1) is 6.26 Å². The Labute approximate surface area is 93.2 Å². The summed E-state index contributed by atoms with van der Waals surface area (Å²) in [6.07, 6.45) is 2.45. The zero-order valence-electron chi connectivity index (χ0n) is 11.4. The van der Waals surface area contributed by atoms with E-state index in [0.29, 0.717) is 31.2 Å². The van der Waals surface area contributed by atoms with E-state index < -0.39 is 0 Å². The van der Waals surface area contributed by atoms with Crippen molar-refractivity contribution in [2.24, 2.45) is 10.8 Å². The van der Waals surface area contributed by atoms with Crippen molar-refractivity contribution < 1.29 is 0 Å². The van der Waals surface area contributed by atoms with Gasteiger partial charge in [-0.15, -0.1) is 0 Å². The van der Waals surface area contributed by atoms with Crippen molar-refractivity contribution in [1.82, 2.24) is 0 Å². The largest absolute Gasteiger partial charge is 0.128 e. The van der Waals surface area contributed by atoms with Crippen LogP contribution in [-0.2, 0) is 10.9 Å². The first-order valence-corrected chi connectivity index (χ1v) is 7.20. The van der Waals surface area contributed by atoms with Gasteiger partial charge in [-0.2, -0.15) is 0 Å². The molecule has 1 saturated heterocycles. The molecule has 0 radical (unpaired) electrons. The third kappa shape index (κ3) is 1.03. The van der Waals surface area contributed by atoms with E-state index in [4.69, 9.17) is 0 Å². The number of hydrogen-bond acceptors (Lipinski definition) is 0. The summed E-state index contributed by atoms with van der Waals surface area (Å²) in [4.78, 5) is 0. The minimum absolute atomic E-state index is 0.404. The Morgan fingerprint density at radius 3 is 0.857 bits per heavy atom. The van der Waals surface area contributed by atoms with Gasteiger partial charge < -0.3 is 0 Å². The van der Waals surface area contributed by atoms with Crippen LogP contribution in [0.25, 0.3) is 0 Å². The van der Waals surface area contributed by atoms with Gasteiger partial charge in [0.1, 0.15) is 9.49 Å². The molecule has 0 saturated carbocycles. The van der Waals surface area contributed by atoms with Gasteiger partial charge in [0.2, 0.25) is 0 Å². The highest BCUT2D eigenvalue weighted by atomic mass is 32.2. The molecule has 1 rings (SSSR count). The molecule has 0 aliphatic carbocycles. The first-order valence-electron chi connectivity index (χ1n) is 5.57. The molecule has 0 aromatic rings. The standard InChI is InChI=1S/C13H27S/c1-10(2)11(3,4)13(7,8)14(9)12(10,5)6/h1-9H3/q+1. The minimum Gasteiger partial charge on any atom is -0.0541 e. The van der Waals surface area contributed by atoms with Crippen molar-refractivity contribution in [2.45, 2.75) is 64.9 Å². The van der Waals surface area contributed by atoms with Crippen molar-refractivity contribution in [2.75, 3.05) is 6.26 Å². The van der Waals surface area contributed by atoms with E-state index in [-0.39, 0.29) is 0 Å². The summed E-state index contributed by atoms with van der Waals surface area (Å²) in [5.74, 6) is 0. The normalized spacial score (nSPS) is 33.2. The van der Waals surface area contributed by atoms with Gasteiger partial charge in [-0.05, 0) is 38.6 Å². The average Bonchev–Trinajstić information content (AvgIpc) is 2.05. The Morgan fingerprint density at radius 2 is 0.786 bits per heavy atom. The maximum atomic E-state index is 2.45. The number of hydrogen-bond donors (Lipinski definition) is 0. The maximum Gasteiger partial charge on any atom is 0.128 e. The summed E-state index contributed by atoms with van der Waals surface area (Å²) < 4.78 is 0.889. The Morgan fingerprint density at radius 1 is 0.571 bits per heavy atom. The molecule has 0 aromatic carbocycles. The van der Waals surface area contributed by atoms with E-state index in [1.165, 1.54) is 0 Å². The molecule has 0 N–H and O–H groups in total. The van der Waals surface area contributed by atoms with E-state index in [1.807, 2.05) is 0 Å². The molecule has 0 amide bonds. The monoisotopic (exact) mass is 215 g/mol. The van der Waals surface area contributed by atoms with Crippen molar-refractivity contribution in [3.8, 4) is 0 Å². The molecule has 1 heterocycles. The van der Waals surface area contributed by atoms with Gasteiger partial charge in [0.15, 0.2) is 0 Å². The second-order valence-electron chi connectivity index (χ2n) is 6.78. The predicted molar refractivity (Wildman–Crippen MR) is 69.0 cm³/mol. The van der Waals surface area contributed by atoms with Crippen LogP contribution in [0.5, 0.6) is 0 Å². The smallest absolute Gasteiger partial charge is 0.0541 e. The molecular formula is C13H27S+. The molecule has 0 aromatic heterocycles. The van der Waals surface area contributed by atoms with E-state index in [0.717, 1.165) is 0 Å². The van der Waals surface area contributed by atoms with Gasteiger partial charge in [0, 0.05) is 10.8 Å². The van der Waals surface area contributed by atoms with Gasteiger partial charge in [-0.1, -0.05) is 27.7 Å². The lowest BCUT2D eigenvalue weighted by Gasteiger charge is -2.41. The van der Waals surface area contributed by atoms with E-state index in [2.05, 4.69) is 61.6 Å². The highest BCUT2D eigenvalue weighted by molar-refractivity contribution is 7.99. The van der Waals surface area contributed by atoms with E-state index >= 15 is 0 Å². The Hall–Kier alpha value is 0.350. The zero-order valence-corrected chi connectivity index (χ0v) is 12.2. The Kier molecular flexibility index (Phi) is 2.41. The summed E-state index contributed by atoms with van der Waals surface area (Å²) in [7, 11) is 0.468. The van der Waals surface area contributed by atoms with Crippen molar-refractivity contribution in [3.63, 3.8) is 0 Å². The fourth-order valence-electron chi connectivity index (χ4n) is 2.91. The van der Waals surface area contributed by atoms with Crippen molar-refractivity contribution in [1.29, 1.82) is 0 Å². The summed E-state index contributed by atoms with van der Waals surface area (Å²) in [6, 6.07) is 0. The molecule has 1 heteroatoms. The van der Waals surface area contributed by atoms with E-state index in [1.54, 1.807) is 0 Å². The molecule has 0 atom stereocenters. The quantitative estimate of drug-likeness (QED) is 0.538. The Bertz CT molecular complexity index is 220. The van der Waals surface area contributed by atoms with Crippen LogP contribution in [-0.4, -0.2) is 15.7 Å². The summed E-state index contributed by atoms with van der Waals surface area (Å²) in [6.45, 7) is 19.6. The third-order valence-corrected chi connectivity index (χ3v) is 10.2. The maximum absolute atomic E-state index is 2.45. The summed E-state index contributed by atoms with van der Waals surface area (Å²) in [5, 5.41) is 0. The van der Waals surface area contributed by atoms with Crippen LogP contribution >= 0.6 is 0 Å². The minimum atomic E-state index is 0.404. The van der Waals surface area contributed by atoms with Gasteiger partial charge in [-0.3, -0.25) is 0 Å². The second kappa shape index (κ2) is 2.72. The Balaban J connectivity index is 3.38. The average molecular weight is 215 g/mol. The summed E-state index contributed by atoms with van der Waals surface area (Å²) >= 11 is 0. The second-order valence-corrected chi connectivity index (χ2v) is 9.84. The van der Waals surface area contributed by atoms with Crippen molar-refractivity contribution in [3.05, 3.63) is 0 Å². The van der Waals surface area contributed by atoms with Crippen molar-refractivity contribution >= 4 is 10.9 Å². The lowest BCUT2D eigenvalue weighted by Crippen LogP contribution is -2.45. The molecule has 0 nitrogen and oxygen atoms in total. The van der Waals surface area contributed by atoms with Crippen LogP contribution in [0.2, 0.25) is 0 Å². The van der Waals surface area contributed by atoms with Crippen LogP contribution in [0, 0.1) is 10.8 Å². The zero-order chi connectivity index (χ0) is 11.6. The fraction of sp³-hybridized carbons (Fsp3) is 1.00. The van der Waals surface area contributed by atoms with E-state index in [9.17, 15) is 0 Å². The third-order valence-electron chi connectivity index (χ3n) is 6.10.